The molecule has 2 atom stereocenters. The average Bonchev–Trinajstić information content (AvgIpc) is 3.17. The topological polar surface area (TPSA) is 88.2 Å². The van der Waals surface area contributed by atoms with Gasteiger partial charge in [-0.25, -0.2) is 4.79 Å². The molecule has 150 valence electrons. The Labute approximate surface area is 163 Å². The monoisotopic (exact) mass is 387 g/mol. The average molecular weight is 387 g/mol. The molecule has 2 unspecified atom stereocenters. The second-order valence-corrected chi connectivity index (χ2v) is 7.57. The molecule has 0 saturated carbocycles. The number of anilines is 1. The molecule has 4 amide bonds. The SMILES string of the molecule is COc1ccc(NC(=O)N2C3CCC2CC(N2C(=O)CCC2=O)C3)c(OC)c1. The molecule has 0 radical (unpaired) electrons. The number of urea groups is 1. The number of benzene rings is 1. The van der Waals surface area contributed by atoms with Gasteiger partial charge < -0.3 is 19.7 Å². The molecule has 8 heteroatoms. The maximum Gasteiger partial charge on any atom is 0.322 e. The Bertz CT molecular complexity index is 781. The largest absolute Gasteiger partial charge is 0.497 e. The molecule has 3 heterocycles. The third-order valence-electron chi connectivity index (χ3n) is 6.05. The fourth-order valence-corrected chi connectivity index (χ4v) is 4.77. The quantitative estimate of drug-likeness (QED) is 0.802. The number of carbonyl (C=O) groups excluding carboxylic acids is 3. The second kappa shape index (κ2) is 7.33. The molecule has 0 aromatic heterocycles. The number of fused-ring (bicyclic) bond motifs is 2. The van der Waals surface area contributed by atoms with Crippen LogP contribution in [0.15, 0.2) is 18.2 Å². The molecule has 1 N–H and O–H groups in total. The number of imide groups is 1. The van der Waals surface area contributed by atoms with E-state index in [0.29, 0.717) is 42.9 Å². The van der Waals surface area contributed by atoms with Gasteiger partial charge in [0.25, 0.3) is 0 Å². The maximum absolute atomic E-state index is 13.0. The van der Waals surface area contributed by atoms with Crippen molar-refractivity contribution in [1.29, 1.82) is 0 Å². The Hall–Kier alpha value is -2.77. The first-order chi connectivity index (χ1) is 13.5. The highest BCUT2D eigenvalue weighted by atomic mass is 16.5. The summed E-state index contributed by atoms with van der Waals surface area (Å²) in [4.78, 5) is 40.5. The lowest BCUT2D eigenvalue weighted by molar-refractivity contribution is -0.142. The molecule has 28 heavy (non-hydrogen) atoms. The lowest BCUT2D eigenvalue weighted by atomic mass is 9.96. The van der Waals surface area contributed by atoms with Gasteiger partial charge in [0.15, 0.2) is 0 Å². The normalized spacial score (nSPS) is 26.6. The number of likely N-dealkylation sites (tertiary alicyclic amines) is 1. The van der Waals surface area contributed by atoms with E-state index in [9.17, 15) is 14.4 Å². The second-order valence-electron chi connectivity index (χ2n) is 7.57. The van der Waals surface area contributed by atoms with Gasteiger partial charge >= 0.3 is 6.03 Å². The van der Waals surface area contributed by atoms with Crippen molar-refractivity contribution >= 4 is 23.5 Å². The Kier molecular flexibility index (Phi) is 4.87. The van der Waals surface area contributed by atoms with Crippen LogP contribution in [0.5, 0.6) is 11.5 Å². The Morgan fingerprint density at radius 2 is 1.64 bits per heavy atom. The van der Waals surface area contributed by atoms with E-state index in [1.54, 1.807) is 32.4 Å². The van der Waals surface area contributed by atoms with E-state index < -0.39 is 0 Å². The first-order valence-corrected chi connectivity index (χ1v) is 9.68. The van der Waals surface area contributed by atoms with Crippen LogP contribution in [0.4, 0.5) is 10.5 Å². The number of ether oxygens (including phenoxy) is 2. The molecule has 3 fully saturated rings. The summed E-state index contributed by atoms with van der Waals surface area (Å²) in [6, 6.07) is 5.06. The van der Waals surface area contributed by atoms with Gasteiger partial charge in [0.1, 0.15) is 11.5 Å². The summed E-state index contributed by atoms with van der Waals surface area (Å²) < 4.78 is 10.6. The van der Waals surface area contributed by atoms with Crippen molar-refractivity contribution in [2.45, 2.75) is 56.7 Å². The predicted molar refractivity (Wildman–Crippen MR) is 101 cm³/mol. The van der Waals surface area contributed by atoms with E-state index in [1.165, 1.54) is 4.90 Å². The van der Waals surface area contributed by atoms with Crippen LogP contribution in [-0.4, -0.2) is 60.0 Å². The summed E-state index contributed by atoms with van der Waals surface area (Å²) in [6.45, 7) is 0. The highest BCUT2D eigenvalue weighted by molar-refractivity contribution is 6.02. The van der Waals surface area contributed by atoms with Crippen molar-refractivity contribution in [2.24, 2.45) is 0 Å². The zero-order valence-electron chi connectivity index (χ0n) is 16.1. The van der Waals surface area contributed by atoms with Gasteiger partial charge in [0.2, 0.25) is 11.8 Å². The standard InChI is InChI=1S/C20H25N3O5/c1-27-15-5-6-16(17(11-15)28-2)21-20(26)22-12-3-4-13(22)10-14(9-12)23-18(24)7-8-19(23)25/h5-6,11-14H,3-4,7-10H2,1-2H3,(H,21,26). The van der Waals surface area contributed by atoms with E-state index in [0.717, 1.165) is 12.8 Å². The fraction of sp³-hybridized carbons (Fsp3) is 0.550. The van der Waals surface area contributed by atoms with E-state index in [2.05, 4.69) is 5.32 Å². The number of amides is 4. The van der Waals surface area contributed by atoms with Gasteiger partial charge in [0.05, 0.1) is 19.9 Å². The van der Waals surface area contributed by atoms with Gasteiger partial charge in [-0.1, -0.05) is 0 Å². The number of carbonyl (C=O) groups is 3. The Morgan fingerprint density at radius 3 is 2.21 bits per heavy atom. The van der Waals surface area contributed by atoms with Gasteiger partial charge in [-0.15, -0.1) is 0 Å². The summed E-state index contributed by atoms with van der Waals surface area (Å²) in [5.41, 5.74) is 0.583. The number of rotatable bonds is 4. The molecule has 1 aromatic carbocycles. The molecular formula is C20H25N3O5. The smallest absolute Gasteiger partial charge is 0.322 e. The maximum atomic E-state index is 13.0. The van der Waals surface area contributed by atoms with Crippen LogP contribution < -0.4 is 14.8 Å². The summed E-state index contributed by atoms with van der Waals surface area (Å²) in [5, 5.41) is 2.94. The van der Waals surface area contributed by atoms with E-state index in [-0.39, 0.29) is 36.0 Å². The van der Waals surface area contributed by atoms with Gasteiger partial charge in [-0.05, 0) is 37.8 Å². The fourth-order valence-electron chi connectivity index (χ4n) is 4.77. The van der Waals surface area contributed by atoms with Crippen LogP contribution in [0, 0.1) is 0 Å². The lowest BCUT2D eigenvalue weighted by Crippen LogP contribution is -2.54. The van der Waals surface area contributed by atoms with Crippen molar-refractivity contribution in [3.63, 3.8) is 0 Å². The van der Waals surface area contributed by atoms with Crippen LogP contribution in [0.1, 0.15) is 38.5 Å². The Balaban J connectivity index is 1.47. The number of piperidine rings is 1. The van der Waals surface area contributed by atoms with E-state index in [4.69, 9.17) is 9.47 Å². The molecule has 3 aliphatic heterocycles. The highest BCUT2D eigenvalue weighted by Crippen LogP contribution is 2.39. The van der Waals surface area contributed by atoms with Gasteiger partial charge in [-0.3, -0.25) is 14.5 Å². The summed E-state index contributed by atoms with van der Waals surface area (Å²) >= 11 is 0. The zero-order chi connectivity index (χ0) is 19.8. The van der Waals surface area contributed by atoms with Crippen molar-refractivity contribution < 1.29 is 23.9 Å². The first-order valence-electron chi connectivity index (χ1n) is 9.68. The Morgan fingerprint density at radius 1 is 1.00 bits per heavy atom. The molecule has 2 bridgehead atoms. The van der Waals surface area contributed by atoms with Crippen molar-refractivity contribution in [3.05, 3.63) is 18.2 Å². The molecule has 1 aromatic rings. The van der Waals surface area contributed by atoms with E-state index >= 15 is 0 Å². The van der Waals surface area contributed by atoms with Crippen LogP contribution >= 0.6 is 0 Å². The number of hydrogen-bond donors (Lipinski definition) is 1. The summed E-state index contributed by atoms with van der Waals surface area (Å²) in [6.07, 6.45) is 3.72. The number of nitrogens with one attached hydrogen (secondary N) is 1. The summed E-state index contributed by atoms with van der Waals surface area (Å²) in [5.74, 6) is 1.03. The van der Waals surface area contributed by atoms with Crippen LogP contribution in [-0.2, 0) is 9.59 Å². The minimum Gasteiger partial charge on any atom is -0.497 e. The lowest BCUT2D eigenvalue weighted by Gasteiger charge is -2.41. The molecule has 8 nitrogen and oxygen atoms in total. The van der Waals surface area contributed by atoms with Crippen LogP contribution in [0.3, 0.4) is 0 Å². The van der Waals surface area contributed by atoms with Crippen LogP contribution in [0.2, 0.25) is 0 Å². The van der Waals surface area contributed by atoms with Gasteiger partial charge in [0, 0.05) is 37.0 Å². The predicted octanol–water partition coefficient (Wildman–Crippen LogP) is 2.38. The minimum atomic E-state index is -0.173. The molecule has 0 spiro atoms. The third kappa shape index (κ3) is 3.16. The molecule has 0 aliphatic carbocycles. The molecule has 3 saturated heterocycles. The number of nitrogens with zero attached hydrogens (tertiary/aromatic N) is 2. The number of hydrogen-bond acceptors (Lipinski definition) is 5. The summed E-state index contributed by atoms with van der Waals surface area (Å²) in [7, 11) is 3.12. The molecule has 4 rings (SSSR count). The minimum absolute atomic E-state index is 0.0363. The molecule has 3 aliphatic rings. The number of methoxy groups -OCH3 is 2. The highest BCUT2D eigenvalue weighted by Gasteiger charge is 2.47. The van der Waals surface area contributed by atoms with Crippen molar-refractivity contribution in [1.82, 2.24) is 9.80 Å². The van der Waals surface area contributed by atoms with Gasteiger partial charge in [-0.2, -0.15) is 0 Å². The third-order valence-corrected chi connectivity index (χ3v) is 6.05. The molecular weight excluding hydrogens is 362 g/mol. The first kappa shape index (κ1) is 18.6. The van der Waals surface area contributed by atoms with Crippen molar-refractivity contribution in [3.8, 4) is 11.5 Å². The van der Waals surface area contributed by atoms with Crippen molar-refractivity contribution in [2.75, 3.05) is 19.5 Å². The van der Waals surface area contributed by atoms with E-state index in [1.807, 2.05) is 4.90 Å². The van der Waals surface area contributed by atoms with Crippen LogP contribution in [0.25, 0.3) is 0 Å². The zero-order valence-corrected chi connectivity index (χ0v) is 16.1.